The second-order valence-electron chi connectivity index (χ2n) is 2.28. The van der Waals surface area contributed by atoms with Gasteiger partial charge in [-0.3, -0.25) is 0 Å². The Morgan fingerprint density at radius 1 is 1.22 bits per heavy atom. The SMILES string of the molecule is Cc1cc[o+]c(C)c1C. The van der Waals surface area contributed by atoms with Crippen molar-refractivity contribution in [2.24, 2.45) is 0 Å². The zero-order valence-corrected chi connectivity index (χ0v) is 6.06. The molecular formula is C8H11O+. The molecule has 0 amide bonds. The average Bonchev–Trinajstić information content (AvgIpc) is 1.83. The molecule has 9 heavy (non-hydrogen) atoms. The van der Waals surface area contributed by atoms with Gasteiger partial charge in [-0.1, -0.05) is 0 Å². The molecule has 1 nitrogen and oxygen atoms in total. The Kier molecular flexibility index (Phi) is 1.52. The molecule has 48 valence electrons. The number of hydrogen-bond donors (Lipinski definition) is 0. The Bertz CT molecular complexity index is 196. The lowest BCUT2D eigenvalue weighted by atomic mass is 10.1. The molecule has 0 aromatic carbocycles. The van der Waals surface area contributed by atoms with Gasteiger partial charge in [0.15, 0.2) is 0 Å². The van der Waals surface area contributed by atoms with E-state index in [2.05, 4.69) is 13.8 Å². The van der Waals surface area contributed by atoms with Crippen LogP contribution >= 0.6 is 0 Å². The molecule has 0 saturated heterocycles. The van der Waals surface area contributed by atoms with Crippen molar-refractivity contribution in [2.45, 2.75) is 20.8 Å². The van der Waals surface area contributed by atoms with Gasteiger partial charge in [0.25, 0.3) is 0 Å². The molecule has 0 bridgehead atoms. The van der Waals surface area contributed by atoms with Gasteiger partial charge in [-0.05, 0) is 19.4 Å². The van der Waals surface area contributed by atoms with Gasteiger partial charge >= 0.3 is 12.0 Å². The summed E-state index contributed by atoms with van der Waals surface area (Å²) in [5.41, 5.74) is 2.54. The standard InChI is InChI=1S/C8H11O/c1-6-4-5-9-8(3)7(6)2/h4-5H,1-3H3/q+1. The minimum Gasteiger partial charge on any atom is -0.221 e. The highest BCUT2D eigenvalue weighted by molar-refractivity contribution is 5.23. The van der Waals surface area contributed by atoms with Crippen molar-refractivity contribution >= 4 is 0 Å². The molecule has 0 aliphatic rings. The van der Waals surface area contributed by atoms with Crippen LogP contribution in [0.15, 0.2) is 16.7 Å². The summed E-state index contributed by atoms with van der Waals surface area (Å²) in [5, 5.41) is 0. The first-order chi connectivity index (χ1) is 4.22. The predicted molar refractivity (Wildman–Crippen MR) is 37.3 cm³/mol. The third-order valence-electron chi connectivity index (χ3n) is 1.68. The quantitative estimate of drug-likeness (QED) is 0.482. The Morgan fingerprint density at radius 2 is 1.89 bits per heavy atom. The Morgan fingerprint density at radius 3 is 2.33 bits per heavy atom. The van der Waals surface area contributed by atoms with Crippen LogP contribution in [-0.4, -0.2) is 0 Å². The van der Waals surface area contributed by atoms with Crippen LogP contribution < -0.4 is 0 Å². The number of rotatable bonds is 0. The lowest BCUT2D eigenvalue weighted by Gasteiger charge is -1.90. The molecule has 1 rings (SSSR count). The smallest absolute Gasteiger partial charge is 0.221 e. The van der Waals surface area contributed by atoms with E-state index in [-0.39, 0.29) is 0 Å². The maximum Gasteiger partial charge on any atom is 0.329 e. The summed E-state index contributed by atoms with van der Waals surface area (Å²) in [4.78, 5) is 0. The zero-order chi connectivity index (χ0) is 6.85. The third kappa shape index (κ3) is 1.10. The molecule has 0 radical (unpaired) electrons. The summed E-state index contributed by atoms with van der Waals surface area (Å²) in [7, 11) is 0. The van der Waals surface area contributed by atoms with E-state index < -0.39 is 0 Å². The van der Waals surface area contributed by atoms with Gasteiger partial charge in [-0.25, -0.2) is 4.42 Å². The molecule has 1 aromatic heterocycles. The molecule has 0 fully saturated rings. The fourth-order valence-electron chi connectivity index (χ4n) is 0.729. The molecule has 0 aliphatic carbocycles. The largest absolute Gasteiger partial charge is 0.329 e. The van der Waals surface area contributed by atoms with Crippen LogP contribution in [0, 0.1) is 20.8 Å². The highest BCUT2D eigenvalue weighted by Gasteiger charge is 2.05. The van der Waals surface area contributed by atoms with Crippen molar-refractivity contribution in [3.8, 4) is 0 Å². The Labute approximate surface area is 55.3 Å². The molecule has 0 N–H and O–H groups in total. The first-order valence-corrected chi connectivity index (χ1v) is 3.06. The van der Waals surface area contributed by atoms with Crippen LogP contribution in [0.25, 0.3) is 0 Å². The summed E-state index contributed by atoms with van der Waals surface area (Å²) in [6.07, 6.45) is 1.72. The third-order valence-corrected chi connectivity index (χ3v) is 1.68. The molecular weight excluding hydrogens is 112 g/mol. The van der Waals surface area contributed by atoms with E-state index in [1.165, 1.54) is 11.1 Å². The van der Waals surface area contributed by atoms with Crippen LogP contribution in [0.5, 0.6) is 0 Å². The maximum absolute atomic E-state index is 5.14. The minimum absolute atomic E-state index is 1.01. The number of hydrogen-bond acceptors (Lipinski definition) is 0. The molecule has 1 aromatic rings. The predicted octanol–water partition coefficient (Wildman–Crippen LogP) is 2.49. The topological polar surface area (TPSA) is 11.3 Å². The lowest BCUT2D eigenvalue weighted by molar-refractivity contribution is 0.509. The summed E-state index contributed by atoms with van der Waals surface area (Å²) >= 11 is 0. The highest BCUT2D eigenvalue weighted by atomic mass is 16.3. The van der Waals surface area contributed by atoms with E-state index in [0.717, 1.165) is 5.76 Å². The molecule has 0 unspecified atom stereocenters. The summed E-state index contributed by atoms with van der Waals surface area (Å²) < 4.78 is 5.14. The molecule has 1 heterocycles. The minimum atomic E-state index is 1.01. The lowest BCUT2D eigenvalue weighted by Crippen LogP contribution is -1.82. The van der Waals surface area contributed by atoms with Crippen LogP contribution in [0.4, 0.5) is 0 Å². The van der Waals surface area contributed by atoms with Crippen molar-refractivity contribution in [1.82, 2.24) is 0 Å². The van der Waals surface area contributed by atoms with Gasteiger partial charge in [0.2, 0.25) is 0 Å². The van der Waals surface area contributed by atoms with Crippen LogP contribution in [0.3, 0.4) is 0 Å². The van der Waals surface area contributed by atoms with Crippen molar-refractivity contribution < 1.29 is 4.42 Å². The summed E-state index contributed by atoms with van der Waals surface area (Å²) in [5.74, 6) is 1.01. The monoisotopic (exact) mass is 123 g/mol. The van der Waals surface area contributed by atoms with E-state index in [0.29, 0.717) is 0 Å². The second kappa shape index (κ2) is 2.18. The van der Waals surface area contributed by atoms with Gasteiger partial charge in [-0.2, -0.15) is 0 Å². The average molecular weight is 123 g/mol. The van der Waals surface area contributed by atoms with Crippen LogP contribution in [0.1, 0.15) is 16.9 Å². The van der Waals surface area contributed by atoms with Crippen molar-refractivity contribution in [2.75, 3.05) is 0 Å². The number of aryl methyl sites for hydroxylation is 2. The van der Waals surface area contributed by atoms with E-state index in [9.17, 15) is 0 Å². The molecule has 0 saturated carbocycles. The van der Waals surface area contributed by atoms with Crippen molar-refractivity contribution in [3.05, 3.63) is 29.2 Å². The summed E-state index contributed by atoms with van der Waals surface area (Å²) in [6, 6.07) is 1.97. The van der Waals surface area contributed by atoms with Gasteiger partial charge in [-0.15, -0.1) is 0 Å². The first kappa shape index (κ1) is 6.27. The maximum atomic E-state index is 5.14. The second-order valence-corrected chi connectivity index (χ2v) is 2.28. The van der Waals surface area contributed by atoms with Gasteiger partial charge in [0.1, 0.15) is 0 Å². The summed E-state index contributed by atoms with van der Waals surface area (Å²) in [6.45, 7) is 6.12. The highest BCUT2D eigenvalue weighted by Crippen LogP contribution is 2.09. The van der Waals surface area contributed by atoms with E-state index in [1.807, 2.05) is 13.0 Å². The molecule has 1 heteroatoms. The van der Waals surface area contributed by atoms with Gasteiger partial charge < -0.3 is 0 Å². The Balaban J connectivity index is 3.25. The molecule has 0 atom stereocenters. The van der Waals surface area contributed by atoms with Gasteiger partial charge in [0, 0.05) is 6.07 Å². The molecule has 0 spiro atoms. The fourth-order valence-corrected chi connectivity index (χ4v) is 0.729. The van der Waals surface area contributed by atoms with Crippen LogP contribution in [-0.2, 0) is 0 Å². The van der Waals surface area contributed by atoms with E-state index in [4.69, 9.17) is 4.42 Å². The van der Waals surface area contributed by atoms with Crippen LogP contribution in [0.2, 0.25) is 0 Å². The van der Waals surface area contributed by atoms with E-state index in [1.54, 1.807) is 6.26 Å². The fraction of sp³-hybridized carbons (Fsp3) is 0.375. The van der Waals surface area contributed by atoms with Crippen molar-refractivity contribution in [3.63, 3.8) is 0 Å². The van der Waals surface area contributed by atoms with Gasteiger partial charge in [0.05, 0.1) is 12.5 Å². The Hall–Kier alpha value is -0.850. The molecule has 0 aliphatic heterocycles. The first-order valence-electron chi connectivity index (χ1n) is 3.06. The zero-order valence-electron chi connectivity index (χ0n) is 6.06. The normalized spacial score (nSPS) is 9.67. The van der Waals surface area contributed by atoms with E-state index >= 15 is 0 Å². The van der Waals surface area contributed by atoms with Crippen molar-refractivity contribution in [1.29, 1.82) is 0 Å².